The van der Waals surface area contributed by atoms with Crippen LogP contribution < -0.4 is 14.9 Å². The number of ether oxygens (including phenoxy) is 7. The van der Waals surface area contributed by atoms with Crippen molar-refractivity contribution in [1.82, 2.24) is 0 Å². The minimum atomic E-state index is -2.24. The average molecular weight is 945 g/mol. The van der Waals surface area contributed by atoms with Gasteiger partial charge in [-0.2, -0.15) is 0 Å². The number of esters is 1. The van der Waals surface area contributed by atoms with Gasteiger partial charge >= 0.3 is 23.9 Å². The van der Waals surface area contributed by atoms with Crippen LogP contribution in [0.3, 0.4) is 0 Å². The Kier molecular flexibility index (Phi) is 14.1. The third-order valence-corrected chi connectivity index (χ3v) is 10.7. The number of carbonyl (C=O) groups is 4. The molecule has 67 heavy (non-hydrogen) atoms. The highest BCUT2D eigenvalue weighted by molar-refractivity contribution is 5.87. The summed E-state index contributed by atoms with van der Waals surface area (Å²) < 4.78 is 44.2. The fourth-order valence-corrected chi connectivity index (χ4v) is 7.20. The van der Waals surface area contributed by atoms with E-state index in [1.54, 1.807) is 0 Å². The van der Waals surface area contributed by atoms with Crippen LogP contribution in [-0.4, -0.2) is 177 Å². The molecule has 4 aromatic rings. The molecule has 3 aliphatic heterocycles. The molecular formula is C42H40O25. The highest BCUT2D eigenvalue weighted by Crippen LogP contribution is 2.36. The van der Waals surface area contributed by atoms with Crippen LogP contribution in [0.5, 0.6) is 23.0 Å². The Morgan fingerprint density at radius 3 is 1.70 bits per heavy atom. The molecule has 0 aliphatic carbocycles. The van der Waals surface area contributed by atoms with Crippen LogP contribution in [0.1, 0.15) is 5.56 Å². The van der Waals surface area contributed by atoms with Crippen LogP contribution in [0.15, 0.2) is 82.0 Å². The van der Waals surface area contributed by atoms with Crippen LogP contribution in [-0.2, 0) is 42.9 Å². The van der Waals surface area contributed by atoms with Gasteiger partial charge in [-0.1, -0.05) is 12.1 Å². The van der Waals surface area contributed by atoms with Crippen molar-refractivity contribution < 1.29 is 118 Å². The number of carbonyl (C=O) groups excluding carboxylic acids is 1. The Hall–Kier alpha value is -6.75. The zero-order valence-electron chi connectivity index (χ0n) is 33.8. The van der Waals surface area contributed by atoms with Crippen molar-refractivity contribution >= 4 is 40.9 Å². The SMILES string of the molecule is O=C(/C=C/c1ccc(O)cc1)O[C@H]1[C@H](O[C@@H]2[C@H](Oc3ccc(-c4cc(=O)c5c(O)cc(O[C@@H]6O[C@H](C(=O)O)[C@@H](O)[C@H](O)[C@@H]6O)cc5o4)cc3)O[C@@H](C(=O)O)[C@@H](O)[C@@H]2O)O[C@@H](C(=O)O)[C@@H](O)[C@H]1O. The Bertz CT molecular complexity index is 2560. The maximum atomic E-state index is 13.2. The normalized spacial score (nSPS) is 32.1. The van der Waals surface area contributed by atoms with E-state index in [1.807, 2.05) is 0 Å². The molecule has 15 atom stereocenters. The number of aliphatic hydroxyl groups is 7. The summed E-state index contributed by atoms with van der Waals surface area (Å²) in [6, 6.07) is 13.6. The second kappa shape index (κ2) is 19.6. The van der Waals surface area contributed by atoms with Gasteiger partial charge in [-0.25, -0.2) is 19.2 Å². The van der Waals surface area contributed by atoms with Crippen molar-refractivity contribution in [1.29, 1.82) is 0 Å². The number of aliphatic carboxylic acids is 3. The standard InChI is InChI=1S/C42H40O25/c43-16-6-1-14(2-7-16)3-10-23(46)63-35-29(51)27(49)34(39(58)59)66-42(35)67-36-30(52)28(50)33(38(56)57)65-41(36)60-17-8-4-15(5-9-17)21-13-20(45)24-19(44)11-18(12-22(24)62-21)61-40-31(53)25(47)26(48)32(64-40)37(54)55/h1-13,25-36,40-44,47-53H,(H,54,55)(H,56,57)(H,58,59)/b10-3+/t25-,26-,27-,28-,29+,30-,31-,32-,33+,34+,35+,36-,40+,41+,42-/m0/s1. The molecule has 3 fully saturated rings. The molecule has 0 saturated carbocycles. The van der Waals surface area contributed by atoms with Crippen molar-refractivity contribution in [2.75, 3.05) is 0 Å². The van der Waals surface area contributed by atoms with E-state index < -0.39 is 127 Å². The van der Waals surface area contributed by atoms with Crippen molar-refractivity contribution in [3.8, 4) is 34.3 Å². The van der Waals surface area contributed by atoms with Gasteiger partial charge in [0.05, 0.1) is 0 Å². The predicted molar refractivity (Wildman–Crippen MR) is 214 cm³/mol. The van der Waals surface area contributed by atoms with Crippen LogP contribution in [0, 0.1) is 0 Å². The Morgan fingerprint density at radius 1 is 0.567 bits per heavy atom. The van der Waals surface area contributed by atoms with Crippen molar-refractivity contribution in [2.45, 2.75) is 92.1 Å². The number of phenolic OH excluding ortho intramolecular Hbond substituents is 2. The molecule has 25 nitrogen and oxygen atoms in total. The number of phenols is 2. The summed E-state index contributed by atoms with van der Waals surface area (Å²) in [5.41, 5.74) is -0.502. The molecular weight excluding hydrogens is 904 g/mol. The first-order chi connectivity index (χ1) is 31.7. The Balaban J connectivity index is 1.13. The van der Waals surface area contributed by atoms with Crippen LogP contribution in [0.2, 0.25) is 0 Å². The van der Waals surface area contributed by atoms with Crippen LogP contribution in [0.25, 0.3) is 28.4 Å². The van der Waals surface area contributed by atoms with Gasteiger partial charge in [0.25, 0.3) is 0 Å². The molecule has 358 valence electrons. The number of carboxylic acid groups (broad SMARTS) is 3. The lowest BCUT2D eigenvalue weighted by atomic mass is 9.96. The van der Waals surface area contributed by atoms with Gasteiger partial charge in [0.2, 0.25) is 12.6 Å². The van der Waals surface area contributed by atoms with Gasteiger partial charge in [0.15, 0.2) is 42.2 Å². The minimum Gasteiger partial charge on any atom is -0.508 e. The summed E-state index contributed by atoms with van der Waals surface area (Å²) in [6.07, 6.45) is -29.4. The molecule has 25 heteroatoms. The Labute approximate surface area is 373 Å². The van der Waals surface area contributed by atoms with E-state index in [2.05, 4.69) is 0 Å². The first kappa shape index (κ1) is 48.2. The molecule has 4 heterocycles. The van der Waals surface area contributed by atoms with E-state index in [0.717, 1.165) is 24.3 Å². The summed E-state index contributed by atoms with van der Waals surface area (Å²) in [6.45, 7) is 0. The summed E-state index contributed by atoms with van der Waals surface area (Å²) >= 11 is 0. The first-order valence-electron chi connectivity index (χ1n) is 19.7. The quantitative estimate of drug-likeness (QED) is 0.0491. The minimum absolute atomic E-state index is 0.0675. The van der Waals surface area contributed by atoms with E-state index in [0.29, 0.717) is 5.56 Å². The molecule has 3 aromatic carbocycles. The van der Waals surface area contributed by atoms with Crippen LogP contribution >= 0.6 is 0 Å². The van der Waals surface area contributed by atoms with E-state index in [9.17, 15) is 85.3 Å². The largest absolute Gasteiger partial charge is 0.508 e. The summed E-state index contributed by atoms with van der Waals surface area (Å²) in [7, 11) is 0. The lowest BCUT2D eigenvalue weighted by Crippen LogP contribution is -2.66. The molecule has 0 unspecified atom stereocenters. The summed E-state index contributed by atoms with van der Waals surface area (Å²) in [4.78, 5) is 61.7. The summed E-state index contributed by atoms with van der Waals surface area (Å²) in [5.74, 6) is -7.84. The maximum Gasteiger partial charge on any atom is 0.335 e. The van der Waals surface area contributed by atoms with E-state index in [1.165, 1.54) is 54.6 Å². The Morgan fingerprint density at radius 2 is 1.10 bits per heavy atom. The van der Waals surface area contributed by atoms with Gasteiger partial charge < -0.3 is 98.9 Å². The smallest absolute Gasteiger partial charge is 0.335 e. The molecule has 3 aliphatic rings. The number of fused-ring (bicyclic) bond motifs is 1. The maximum absolute atomic E-state index is 13.2. The average Bonchev–Trinajstić information content (AvgIpc) is 3.27. The van der Waals surface area contributed by atoms with Crippen molar-refractivity contribution in [3.63, 3.8) is 0 Å². The molecule has 0 spiro atoms. The molecule has 3 saturated heterocycles. The molecule has 12 N–H and O–H groups in total. The number of hydrogen-bond donors (Lipinski definition) is 12. The van der Waals surface area contributed by atoms with Gasteiger partial charge in [-0.3, -0.25) is 4.79 Å². The van der Waals surface area contributed by atoms with E-state index >= 15 is 0 Å². The lowest BCUT2D eigenvalue weighted by molar-refractivity contribution is -0.350. The van der Waals surface area contributed by atoms with Gasteiger partial charge in [0.1, 0.15) is 82.5 Å². The van der Waals surface area contributed by atoms with Crippen molar-refractivity contribution in [3.05, 3.63) is 88.6 Å². The number of aromatic hydroxyl groups is 2. The topological polar surface area (TPSA) is 406 Å². The van der Waals surface area contributed by atoms with Gasteiger partial charge in [0, 0.05) is 29.8 Å². The van der Waals surface area contributed by atoms with Crippen LogP contribution in [0.4, 0.5) is 0 Å². The monoisotopic (exact) mass is 944 g/mol. The second-order valence-electron chi connectivity index (χ2n) is 15.2. The fraction of sp³-hybridized carbons (Fsp3) is 0.357. The van der Waals surface area contributed by atoms with Crippen molar-refractivity contribution in [2.24, 2.45) is 0 Å². The summed E-state index contributed by atoms with van der Waals surface area (Å²) in [5, 5.41) is 123. The number of rotatable bonds is 13. The fourth-order valence-electron chi connectivity index (χ4n) is 7.20. The zero-order valence-corrected chi connectivity index (χ0v) is 33.8. The third kappa shape index (κ3) is 10.2. The first-order valence-corrected chi connectivity index (χ1v) is 19.7. The van der Waals surface area contributed by atoms with Gasteiger partial charge in [-0.05, 0) is 48.0 Å². The van der Waals surface area contributed by atoms with E-state index in [-0.39, 0.29) is 39.5 Å². The number of hydrogen-bond acceptors (Lipinski definition) is 22. The predicted octanol–water partition coefficient (Wildman–Crippen LogP) is -2.41. The lowest BCUT2D eigenvalue weighted by Gasteiger charge is -2.45. The molecule has 0 radical (unpaired) electrons. The third-order valence-electron chi connectivity index (χ3n) is 10.7. The second-order valence-corrected chi connectivity index (χ2v) is 15.2. The van der Waals surface area contributed by atoms with E-state index in [4.69, 9.17) is 37.6 Å². The highest BCUT2D eigenvalue weighted by atomic mass is 16.8. The van der Waals surface area contributed by atoms with Gasteiger partial charge in [-0.15, -0.1) is 0 Å². The molecule has 1 aromatic heterocycles. The molecule has 0 amide bonds. The zero-order chi connectivity index (χ0) is 48.6. The number of aliphatic hydroxyl groups excluding tert-OH is 7. The molecule has 7 rings (SSSR count). The molecule has 0 bridgehead atoms. The highest BCUT2D eigenvalue weighted by Gasteiger charge is 2.55. The number of benzene rings is 3. The number of carboxylic acids is 3.